The van der Waals surface area contributed by atoms with Crippen LogP contribution in [0.1, 0.15) is 85.0 Å². The van der Waals surface area contributed by atoms with Crippen molar-refractivity contribution in [1.82, 2.24) is 0 Å². The van der Waals surface area contributed by atoms with Crippen molar-refractivity contribution in [2.45, 2.75) is 85.0 Å². The molecule has 0 N–H and O–H groups in total. The molecular formula is C16H30O. The van der Waals surface area contributed by atoms with Gasteiger partial charge in [0.15, 0.2) is 0 Å². The standard InChI is InChI=1S/C16H30O/c1-4-6-8-10-12-15(3)14-16(17)13-11-9-7-5-2/h12H,4-11,13-14H2,1-3H3/b15-12+. The molecule has 1 nitrogen and oxygen atoms in total. The largest absolute Gasteiger partial charge is 0.299 e. The summed E-state index contributed by atoms with van der Waals surface area (Å²) >= 11 is 0. The first-order valence-corrected chi connectivity index (χ1v) is 7.38. The first kappa shape index (κ1) is 16.4. The Morgan fingerprint density at radius 3 is 2.24 bits per heavy atom. The summed E-state index contributed by atoms with van der Waals surface area (Å²) < 4.78 is 0. The van der Waals surface area contributed by atoms with Crippen molar-refractivity contribution in [2.75, 3.05) is 0 Å². The van der Waals surface area contributed by atoms with Crippen LogP contribution < -0.4 is 0 Å². The lowest BCUT2D eigenvalue weighted by molar-refractivity contribution is -0.118. The third-order valence-corrected chi connectivity index (χ3v) is 3.09. The highest BCUT2D eigenvalue weighted by atomic mass is 16.1. The number of allylic oxidation sites excluding steroid dienone is 2. The lowest BCUT2D eigenvalue weighted by Gasteiger charge is -2.02. The summed E-state index contributed by atoms with van der Waals surface area (Å²) in [5, 5.41) is 0. The Kier molecular flexibility index (Phi) is 11.5. The predicted octanol–water partition coefficient (Wildman–Crippen LogP) is 5.44. The van der Waals surface area contributed by atoms with Crippen molar-refractivity contribution >= 4 is 5.78 Å². The van der Waals surface area contributed by atoms with Crippen LogP contribution in [0.3, 0.4) is 0 Å². The number of carbonyl (C=O) groups is 1. The van der Waals surface area contributed by atoms with Gasteiger partial charge in [-0.05, 0) is 26.2 Å². The van der Waals surface area contributed by atoms with E-state index in [1.165, 1.54) is 44.1 Å². The van der Waals surface area contributed by atoms with E-state index in [9.17, 15) is 4.79 Å². The molecule has 0 aromatic carbocycles. The lowest BCUT2D eigenvalue weighted by atomic mass is 10.0. The summed E-state index contributed by atoms with van der Waals surface area (Å²) in [6.45, 7) is 6.51. The smallest absolute Gasteiger partial charge is 0.136 e. The molecule has 17 heavy (non-hydrogen) atoms. The van der Waals surface area contributed by atoms with Crippen LogP contribution in [0.25, 0.3) is 0 Å². The van der Waals surface area contributed by atoms with E-state index in [0.717, 1.165) is 19.3 Å². The number of rotatable bonds is 11. The van der Waals surface area contributed by atoms with Crippen molar-refractivity contribution < 1.29 is 4.79 Å². The summed E-state index contributed by atoms with van der Waals surface area (Å²) in [7, 11) is 0. The second kappa shape index (κ2) is 11.9. The van der Waals surface area contributed by atoms with Crippen molar-refractivity contribution in [3.05, 3.63) is 11.6 Å². The van der Waals surface area contributed by atoms with Gasteiger partial charge in [-0.1, -0.05) is 57.6 Å². The van der Waals surface area contributed by atoms with Crippen LogP contribution in [0.2, 0.25) is 0 Å². The lowest BCUT2D eigenvalue weighted by Crippen LogP contribution is -1.98. The molecule has 0 amide bonds. The molecule has 0 spiro atoms. The van der Waals surface area contributed by atoms with Gasteiger partial charge in [0.2, 0.25) is 0 Å². The van der Waals surface area contributed by atoms with E-state index in [0.29, 0.717) is 12.2 Å². The number of carbonyl (C=O) groups excluding carboxylic acids is 1. The number of Topliss-reactive ketones (excluding diaryl/α,β-unsaturated/α-hetero) is 1. The molecule has 1 heteroatoms. The van der Waals surface area contributed by atoms with Crippen LogP contribution >= 0.6 is 0 Å². The Morgan fingerprint density at radius 1 is 0.941 bits per heavy atom. The van der Waals surface area contributed by atoms with Crippen molar-refractivity contribution in [3.8, 4) is 0 Å². The van der Waals surface area contributed by atoms with Gasteiger partial charge in [-0.15, -0.1) is 0 Å². The van der Waals surface area contributed by atoms with Gasteiger partial charge in [0.25, 0.3) is 0 Å². The summed E-state index contributed by atoms with van der Waals surface area (Å²) in [5.41, 5.74) is 1.27. The molecule has 0 aromatic heterocycles. The van der Waals surface area contributed by atoms with Gasteiger partial charge in [0, 0.05) is 12.8 Å². The quantitative estimate of drug-likeness (QED) is 0.346. The van der Waals surface area contributed by atoms with E-state index in [-0.39, 0.29) is 0 Å². The Morgan fingerprint density at radius 2 is 1.59 bits per heavy atom. The van der Waals surface area contributed by atoms with Crippen LogP contribution in [0.4, 0.5) is 0 Å². The van der Waals surface area contributed by atoms with E-state index in [2.05, 4.69) is 26.8 Å². The molecule has 0 aromatic rings. The predicted molar refractivity (Wildman–Crippen MR) is 76.3 cm³/mol. The zero-order chi connectivity index (χ0) is 12.9. The SMILES string of the molecule is CCCCC/C=C(\C)CC(=O)CCCCCC. The Labute approximate surface area is 108 Å². The monoisotopic (exact) mass is 238 g/mol. The van der Waals surface area contributed by atoms with E-state index in [4.69, 9.17) is 0 Å². The molecule has 0 saturated heterocycles. The zero-order valence-corrected chi connectivity index (χ0v) is 12.1. The summed E-state index contributed by atoms with van der Waals surface area (Å²) in [4.78, 5) is 11.7. The molecule has 0 aliphatic carbocycles. The fraction of sp³-hybridized carbons (Fsp3) is 0.812. The van der Waals surface area contributed by atoms with Crippen LogP contribution in [0.5, 0.6) is 0 Å². The molecule has 0 saturated carbocycles. The van der Waals surface area contributed by atoms with Crippen molar-refractivity contribution in [2.24, 2.45) is 0 Å². The van der Waals surface area contributed by atoms with Gasteiger partial charge in [0.1, 0.15) is 5.78 Å². The number of unbranched alkanes of at least 4 members (excludes halogenated alkanes) is 6. The third kappa shape index (κ3) is 11.7. The summed E-state index contributed by atoms with van der Waals surface area (Å²) in [5.74, 6) is 0.422. The average molecular weight is 238 g/mol. The third-order valence-electron chi connectivity index (χ3n) is 3.09. The second-order valence-corrected chi connectivity index (χ2v) is 5.07. The van der Waals surface area contributed by atoms with Crippen molar-refractivity contribution in [3.63, 3.8) is 0 Å². The normalized spacial score (nSPS) is 11.8. The number of ketones is 1. The van der Waals surface area contributed by atoms with Crippen LogP contribution in [-0.2, 0) is 4.79 Å². The molecule has 0 fully saturated rings. The molecule has 0 unspecified atom stereocenters. The van der Waals surface area contributed by atoms with Gasteiger partial charge in [-0.3, -0.25) is 4.79 Å². The molecule has 0 radical (unpaired) electrons. The summed E-state index contributed by atoms with van der Waals surface area (Å²) in [6, 6.07) is 0. The highest BCUT2D eigenvalue weighted by Crippen LogP contribution is 2.10. The minimum absolute atomic E-state index is 0.422. The number of hydrogen-bond donors (Lipinski definition) is 0. The maximum absolute atomic E-state index is 11.7. The molecular weight excluding hydrogens is 208 g/mol. The van der Waals surface area contributed by atoms with E-state index < -0.39 is 0 Å². The van der Waals surface area contributed by atoms with Gasteiger partial charge in [0.05, 0.1) is 0 Å². The van der Waals surface area contributed by atoms with Gasteiger partial charge >= 0.3 is 0 Å². The molecule has 0 bridgehead atoms. The first-order valence-electron chi connectivity index (χ1n) is 7.38. The molecule has 0 aliphatic rings. The van der Waals surface area contributed by atoms with Crippen LogP contribution in [0, 0.1) is 0 Å². The maximum Gasteiger partial charge on any atom is 0.136 e. The molecule has 0 rings (SSSR count). The van der Waals surface area contributed by atoms with Crippen molar-refractivity contribution in [1.29, 1.82) is 0 Å². The Bertz CT molecular complexity index is 216. The Hall–Kier alpha value is -0.590. The van der Waals surface area contributed by atoms with E-state index in [1.807, 2.05) is 0 Å². The van der Waals surface area contributed by atoms with Crippen LogP contribution in [-0.4, -0.2) is 5.78 Å². The fourth-order valence-corrected chi connectivity index (χ4v) is 1.96. The molecule has 0 aliphatic heterocycles. The molecule has 100 valence electrons. The van der Waals surface area contributed by atoms with Gasteiger partial charge in [-0.25, -0.2) is 0 Å². The first-order chi connectivity index (χ1) is 8.20. The van der Waals surface area contributed by atoms with Gasteiger partial charge < -0.3 is 0 Å². The number of hydrogen-bond acceptors (Lipinski definition) is 1. The molecule has 0 heterocycles. The van der Waals surface area contributed by atoms with E-state index >= 15 is 0 Å². The van der Waals surface area contributed by atoms with Crippen LogP contribution in [0.15, 0.2) is 11.6 Å². The highest BCUT2D eigenvalue weighted by Gasteiger charge is 2.02. The highest BCUT2D eigenvalue weighted by molar-refractivity contribution is 5.80. The van der Waals surface area contributed by atoms with E-state index in [1.54, 1.807) is 0 Å². The Balaban J connectivity index is 3.57. The second-order valence-electron chi connectivity index (χ2n) is 5.07. The maximum atomic E-state index is 11.7. The zero-order valence-electron chi connectivity index (χ0n) is 12.1. The topological polar surface area (TPSA) is 17.1 Å². The summed E-state index contributed by atoms with van der Waals surface area (Å²) in [6.07, 6.45) is 13.5. The minimum atomic E-state index is 0.422. The van der Waals surface area contributed by atoms with Gasteiger partial charge in [-0.2, -0.15) is 0 Å². The minimum Gasteiger partial charge on any atom is -0.299 e. The fourth-order valence-electron chi connectivity index (χ4n) is 1.96. The molecule has 0 atom stereocenters. The average Bonchev–Trinajstić information content (AvgIpc) is 2.30.